The summed E-state index contributed by atoms with van der Waals surface area (Å²) in [5.74, 6) is -1.19. The fraction of sp³-hybridized carbons (Fsp3) is 0.182. The Morgan fingerprint density at radius 2 is 2.05 bits per heavy atom. The molecule has 2 heterocycles. The van der Waals surface area contributed by atoms with Crippen LogP contribution in [0.5, 0.6) is 0 Å². The van der Waals surface area contributed by atoms with Crippen molar-refractivity contribution in [2.45, 2.75) is 6.54 Å². The summed E-state index contributed by atoms with van der Waals surface area (Å²) in [6.45, 7) is -0.0981. The average Bonchev–Trinajstić information content (AvgIpc) is 2.40. The lowest BCUT2D eigenvalue weighted by Gasteiger charge is -2.07. The Bertz CT molecular complexity index is 747. The summed E-state index contributed by atoms with van der Waals surface area (Å²) in [7, 11) is 1.46. The van der Waals surface area contributed by atoms with E-state index in [0.717, 1.165) is 15.3 Å². The average molecular weight is 262 g/mol. The second kappa shape index (κ2) is 4.84. The van der Waals surface area contributed by atoms with E-state index in [9.17, 15) is 14.4 Å². The van der Waals surface area contributed by atoms with Gasteiger partial charge in [0, 0.05) is 25.6 Å². The molecule has 0 aliphatic rings. The number of carboxylic acid groups (broad SMARTS) is 1. The second-order valence-electron chi connectivity index (χ2n) is 3.84. The Labute approximate surface area is 106 Å². The summed E-state index contributed by atoms with van der Waals surface area (Å²) in [4.78, 5) is 41.6. The van der Waals surface area contributed by atoms with Crippen molar-refractivity contribution in [1.82, 2.24) is 19.1 Å². The summed E-state index contributed by atoms with van der Waals surface area (Å²) in [5.41, 5.74) is -1.36. The highest BCUT2D eigenvalue weighted by Gasteiger charge is 2.13. The number of hydrogen-bond donors (Lipinski definition) is 1. The van der Waals surface area contributed by atoms with Crippen LogP contribution in [0.1, 0.15) is 16.1 Å². The number of aromatic carboxylic acids is 1. The Kier molecular flexibility index (Phi) is 3.23. The summed E-state index contributed by atoms with van der Waals surface area (Å²) >= 11 is 0. The summed E-state index contributed by atoms with van der Waals surface area (Å²) in [6.07, 6.45) is 5.16. The van der Waals surface area contributed by atoms with Crippen molar-refractivity contribution < 1.29 is 9.90 Å². The van der Waals surface area contributed by atoms with Gasteiger partial charge < -0.3 is 14.2 Å². The van der Waals surface area contributed by atoms with E-state index in [1.807, 2.05) is 0 Å². The molecule has 1 N–H and O–H groups in total. The topological polar surface area (TPSA) is 107 Å². The molecule has 8 heteroatoms. The molecule has 0 bridgehead atoms. The van der Waals surface area contributed by atoms with E-state index in [1.165, 1.54) is 25.8 Å². The maximum Gasteiger partial charge on any atom is 0.339 e. The summed E-state index contributed by atoms with van der Waals surface area (Å²) in [5, 5.41) is 8.98. The van der Waals surface area contributed by atoms with Crippen LogP contribution in [0.15, 0.2) is 34.5 Å². The molecule has 0 fully saturated rings. The van der Waals surface area contributed by atoms with Crippen LogP contribution in [0.4, 0.5) is 0 Å². The lowest BCUT2D eigenvalue weighted by Crippen LogP contribution is -2.39. The number of nitrogens with zero attached hydrogens (tertiary/aromatic N) is 4. The molecule has 2 rings (SSSR count). The van der Waals surface area contributed by atoms with Crippen LogP contribution in [0.25, 0.3) is 0 Å². The predicted octanol–water partition coefficient (Wildman–Crippen LogP) is -0.916. The van der Waals surface area contributed by atoms with E-state index in [2.05, 4.69) is 9.97 Å². The molecule has 0 spiro atoms. The minimum atomic E-state index is -1.19. The molecular formula is C11H10N4O4. The van der Waals surface area contributed by atoms with Crippen LogP contribution in [-0.4, -0.2) is 30.2 Å². The van der Waals surface area contributed by atoms with Crippen molar-refractivity contribution in [3.05, 3.63) is 56.9 Å². The normalized spacial score (nSPS) is 10.4. The highest BCUT2D eigenvalue weighted by atomic mass is 16.4. The molecule has 0 atom stereocenters. The lowest BCUT2D eigenvalue weighted by atomic mass is 10.2. The van der Waals surface area contributed by atoms with E-state index in [1.54, 1.807) is 0 Å². The van der Waals surface area contributed by atoms with Crippen molar-refractivity contribution in [3.63, 3.8) is 0 Å². The zero-order valence-corrected chi connectivity index (χ0v) is 9.98. The first-order chi connectivity index (χ1) is 9.00. The molecule has 2 aromatic rings. The van der Waals surface area contributed by atoms with Gasteiger partial charge in [-0.05, 0) is 0 Å². The smallest absolute Gasteiger partial charge is 0.339 e. The Morgan fingerprint density at radius 3 is 2.74 bits per heavy atom. The molecule has 0 amide bonds. The van der Waals surface area contributed by atoms with Crippen LogP contribution in [0.3, 0.4) is 0 Å². The van der Waals surface area contributed by atoms with E-state index < -0.39 is 17.1 Å². The van der Waals surface area contributed by atoms with Crippen LogP contribution in [0.2, 0.25) is 0 Å². The van der Waals surface area contributed by atoms with Gasteiger partial charge in [0.15, 0.2) is 0 Å². The minimum Gasteiger partial charge on any atom is -0.478 e. The maximum atomic E-state index is 11.7. The highest BCUT2D eigenvalue weighted by molar-refractivity contribution is 5.88. The Hall–Kier alpha value is -2.77. The standard InChI is InChI=1S/C11H10N4O4/c1-14-2-3-15(10(17)9(14)16)5-8-7(11(18)19)4-12-6-13-8/h2-4,6H,5H2,1H3,(H,18,19). The van der Waals surface area contributed by atoms with Gasteiger partial charge in [0.1, 0.15) is 11.9 Å². The molecule has 0 unspecified atom stereocenters. The first-order valence-corrected chi connectivity index (χ1v) is 5.29. The molecule has 0 radical (unpaired) electrons. The zero-order chi connectivity index (χ0) is 14.0. The fourth-order valence-electron chi connectivity index (χ4n) is 1.54. The van der Waals surface area contributed by atoms with Crippen molar-refractivity contribution >= 4 is 5.97 Å². The third kappa shape index (κ3) is 2.41. The van der Waals surface area contributed by atoms with E-state index in [0.29, 0.717) is 0 Å². The highest BCUT2D eigenvalue weighted by Crippen LogP contribution is 2.04. The SMILES string of the molecule is Cn1ccn(Cc2ncncc2C(=O)O)c(=O)c1=O. The van der Waals surface area contributed by atoms with E-state index >= 15 is 0 Å². The van der Waals surface area contributed by atoms with Gasteiger partial charge >= 0.3 is 17.1 Å². The number of hydrogen-bond acceptors (Lipinski definition) is 5. The van der Waals surface area contributed by atoms with Gasteiger partial charge in [-0.1, -0.05) is 0 Å². The molecular weight excluding hydrogens is 252 g/mol. The molecule has 0 saturated carbocycles. The molecule has 0 aliphatic carbocycles. The Morgan fingerprint density at radius 1 is 1.32 bits per heavy atom. The largest absolute Gasteiger partial charge is 0.478 e. The van der Waals surface area contributed by atoms with E-state index in [-0.39, 0.29) is 17.8 Å². The number of aromatic nitrogens is 4. The second-order valence-corrected chi connectivity index (χ2v) is 3.84. The van der Waals surface area contributed by atoms with Gasteiger partial charge in [-0.2, -0.15) is 0 Å². The third-order valence-corrected chi connectivity index (χ3v) is 2.58. The fourth-order valence-corrected chi connectivity index (χ4v) is 1.54. The van der Waals surface area contributed by atoms with Crippen LogP contribution >= 0.6 is 0 Å². The molecule has 8 nitrogen and oxygen atoms in total. The van der Waals surface area contributed by atoms with Gasteiger partial charge in [0.2, 0.25) is 0 Å². The predicted molar refractivity (Wildman–Crippen MR) is 64.0 cm³/mol. The number of carboxylic acids is 1. The van der Waals surface area contributed by atoms with Crippen molar-refractivity contribution in [3.8, 4) is 0 Å². The monoisotopic (exact) mass is 262 g/mol. The van der Waals surface area contributed by atoms with Gasteiger partial charge in [0.25, 0.3) is 0 Å². The molecule has 2 aromatic heterocycles. The first-order valence-electron chi connectivity index (χ1n) is 5.29. The number of aryl methyl sites for hydroxylation is 1. The first kappa shape index (κ1) is 12.7. The van der Waals surface area contributed by atoms with E-state index in [4.69, 9.17) is 5.11 Å². The third-order valence-electron chi connectivity index (χ3n) is 2.58. The van der Waals surface area contributed by atoms with Crippen molar-refractivity contribution in [2.75, 3.05) is 0 Å². The Balaban J connectivity index is 2.49. The van der Waals surface area contributed by atoms with Gasteiger partial charge in [-0.25, -0.2) is 14.8 Å². The number of carbonyl (C=O) groups is 1. The van der Waals surface area contributed by atoms with Crippen molar-refractivity contribution in [1.29, 1.82) is 0 Å². The summed E-state index contributed by atoms with van der Waals surface area (Å²) in [6, 6.07) is 0. The van der Waals surface area contributed by atoms with Crippen LogP contribution < -0.4 is 11.1 Å². The van der Waals surface area contributed by atoms with Gasteiger partial charge in [0.05, 0.1) is 12.2 Å². The quantitative estimate of drug-likeness (QED) is 0.717. The van der Waals surface area contributed by atoms with Gasteiger partial charge in [-0.3, -0.25) is 9.59 Å². The lowest BCUT2D eigenvalue weighted by molar-refractivity contribution is 0.0694. The molecule has 98 valence electrons. The minimum absolute atomic E-state index is 0.0981. The molecule has 0 aromatic carbocycles. The molecule has 19 heavy (non-hydrogen) atoms. The van der Waals surface area contributed by atoms with Crippen LogP contribution in [-0.2, 0) is 13.6 Å². The molecule has 0 aliphatic heterocycles. The maximum absolute atomic E-state index is 11.7. The van der Waals surface area contributed by atoms with Gasteiger partial charge in [-0.15, -0.1) is 0 Å². The van der Waals surface area contributed by atoms with Crippen LogP contribution in [0, 0.1) is 0 Å². The summed E-state index contributed by atoms with van der Waals surface area (Å²) < 4.78 is 2.26. The zero-order valence-electron chi connectivity index (χ0n) is 9.98. The van der Waals surface area contributed by atoms with Crippen molar-refractivity contribution in [2.24, 2.45) is 7.05 Å². The number of rotatable bonds is 3. The molecule has 0 saturated heterocycles.